The first-order chi connectivity index (χ1) is 25.3. The zero-order valence-electron chi connectivity index (χ0n) is 27.5. The fraction of sp³-hybridized carbons (Fsp3) is 0. The first-order valence-corrected chi connectivity index (χ1v) is 17.3. The van der Waals surface area contributed by atoms with E-state index in [1.54, 1.807) is 0 Å². The molecule has 0 saturated heterocycles. The molecule has 0 N–H and O–H groups in total. The second-order valence-electron chi connectivity index (χ2n) is 13.2. The van der Waals surface area contributed by atoms with Gasteiger partial charge in [0.05, 0.1) is 16.7 Å². The highest BCUT2D eigenvalue weighted by Gasteiger charge is 2.23. The van der Waals surface area contributed by atoms with Gasteiger partial charge in [-0.15, -0.1) is 0 Å². The highest BCUT2D eigenvalue weighted by atomic mass is 15.0. The van der Waals surface area contributed by atoms with Crippen LogP contribution in [0.4, 0.5) is 0 Å². The van der Waals surface area contributed by atoms with Crippen LogP contribution in [0.5, 0.6) is 0 Å². The first kappa shape index (κ1) is 28.0. The van der Waals surface area contributed by atoms with Crippen LogP contribution in [0.3, 0.4) is 0 Å². The van der Waals surface area contributed by atoms with Gasteiger partial charge in [-0.2, -0.15) is 0 Å². The number of aromatic nitrogens is 4. The SMILES string of the molecule is c1ccc(-c2nc(-c3cc4c5c(cccc5c3)-c3ccccc3-4)nc(-c3cccc4c(-n5c6ccccc6c6ccccc65)cccc34)n2)cc1. The van der Waals surface area contributed by atoms with Crippen molar-refractivity contribution in [2.24, 2.45) is 0 Å². The maximum absolute atomic E-state index is 5.27. The van der Waals surface area contributed by atoms with Gasteiger partial charge in [0.1, 0.15) is 0 Å². The molecule has 8 aromatic carbocycles. The van der Waals surface area contributed by atoms with Crippen LogP contribution in [0, 0.1) is 0 Å². The van der Waals surface area contributed by atoms with Crippen molar-refractivity contribution in [3.05, 3.63) is 170 Å². The van der Waals surface area contributed by atoms with Crippen molar-refractivity contribution in [3.8, 4) is 62.1 Å². The maximum Gasteiger partial charge on any atom is 0.164 e. The van der Waals surface area contributed by atoms with Crippen LogP contribution in [0.15, 0.2) is 170 Å². The molecular weight excluding hydrogens is 621 g/mol. The average molecular weight is 649 g/mol. The lowest BCUT2D eigenvalue weighted by atomic mass is 9.99. The molecule has 0 fully saturated rings. The Hall–Kier alpha value is -6.91. The topological polar surface area (TPSA) is 43.6 Å². The van der Waals surface area contributed by atoms with Gasteiger partial charge in [-0.05, 0) is 68.7 Å². The molecule has 0 aliphatic heterocycles. The van der Waals surface area contributed by atoms with Crippen molar-refractivity contribution in [2.45, 2.75) is 0 Å². The smallest absolute Gasteiger partial charge is 0.164 e. The quantitative estimate of drug-likeness (QED) is 0.191. The summed E-state index contributed by atoms with van der Waals surface area (Å²) in [5.74, 6) is 1.95. The van der Waals surface area contributed by atoms with E-state index in [0.717, 1.165) is 33.2 Å². The zero-order chi connectivity index (χ0) is 33.5. The van der Waals surface area contributed by atoms with Crippen molar-refractivity contribution < 1.29 is 0 Å². The van der Waals surface area contributed by atoms with Gasteiger partial charge in [0.25, 0.3) is 0 Å². The summed E-state index contributed by atoms with van der Waals surface area (Å²) in [4.78, 5) is 15.6. The molecule has 0 radical (unpaired) electrons. The highest BCUT2D eigenvalue weighted by molar-refractivity contribution is 6.16. The predicted octanol–water partition coefficient (Wildman–Crippen LogP) is 11.9. The second kappa shape index (κ2) is 10.8. The van der Waals surface area contributed by atoms with E-state index < -0.39 is 0 Å². The minimum absolute atomic E-state index is 0.648. The normalized spacial score (nSPS) is 11.9. The summed E-state index contributed by atoms with van der Waals surface area (Å²) in [7, 11) is 0. The number of rotatable bonds is 4. The van der Waals surface area contributed by atoms with E-state index >= 15 is 0 Å². The molecule has 11 rings (SSSR count). The van der Waals surface area contributed by atoms with E-state index in [0.29, 0.717) is 17.5 Å². The van der Waals surface area contributed by atoms with Gasteiger partial charge in [0.2, 0.25) is 0 Å². The van der Waals surface area contributed by atoms with Crippen LogP contribution in [0.2, 0.25) is 0 Å². The third-order valence-corrected chi connectivity index (χ3v) is 10.4. The van der Waals surface area contributed by atoms with E-state index in [4.69, 9.17) is 15.0 Å². The predicted molar refractivity (Wildman–Crippen MR) is 210 cm³/mol. The largest absolute Gasteiger partial charge is 0.309 e. The molecule has 236 valence electrons. The Morgan fingerprint density at radius 1 is 0.333 bits per heavy atom. The number of benzene rings is 8. The van der Waals surface area contributed by atoms with Crippen molar-refractivity contribution in [3.63, 3.8) is 0 Å². The molecule has 4 heteroatoms. The van der Waals surface area contributed by atoms with Gasteiger partial charge in [-0.25, -0.2) is 15.0 Å². The Kier molecular flexibility index (Phi) is 5.92. The highest BCUT2D eigenvalue weighted by Crippen LogP contribution is 2.48. The van der Waals surface area contributed by atoms with Crippen molar-refractivity contribution in [1.82, 2.24) is 19.5 Å². The summed E-state index contributed by atoms with van der Waals surface area (Å²) >= 11 is 0. The van der Waals surface area contributed by atoms with Crippen LogP contribution < -0.4 is 0 Å². The Bertz CT molecular complexity index is 2980. The second-order valence-corrected chi connectivity index (χ2v) is 13.2. The van der Waals surface area contributed by atoms with Gasteiger partial charge < -0.3 is 4.57 Å². The third kappa shape index (κ3) is 4.17. The molecule has 51 heavy (non-hydrogen) atoms. The van der Waals surface area contributed by atoms with Crippen LogP contribution in [0.25, 0.3) is 105 Å². The Balaban J connectivity index is 1.16. The zero-order valence-corrected chi connectivity index (χ0v) is 27.5. The lowest BCUT2D eigenvalue weighted by Gasteiger charge is -2.14. The van der Waals surface area contributed by atoms with Crippen molar-refractivity contribution in [2.75, 3.05) is 0 Å². The standard InChI is InChI=1S/C47H28N4/c1-2-13-29(14-3-1)45-48-46(31-27-30-15-10-22-38-32-16-4-5-17-33(32)40(28-31)44(30)38)50-47(49-45)39-23-11-21-35-34(39)20-12-26-43(35)51-41-24-8-6-18-36(41)37-19-7-9-25-42(37)51/h1-28H. The molecule has 0 atom stereocenters. The van der Waals surface area contributed by atoms with Gasteiger partial charge in [-0.1, -0.05) is 140 Å². The lowest BCUT2D eigenvalue weighted by molar-refractivity contribution is 1.08. The minimum atomic E-state index is 0.648. The Morgan fingerprint density at radius 3 is 1.67 bits per heavy atom. The lowest BCUT2D eigenvalue weighted by Crippen LogP contribution is -2.01. The van der Waals surface area contributed by atoms with Crippen LogP contribution in [-0.4, -0.2) is 19.5 Å². The van der Waals surface area contributed by atoms with E-state index in [1.165, 1.54) is 54.8 Å². The Morgan fingerprint density at radius 2 is 0.882 bits per heavy atom. The van der Waals surface area contributed by atoms with E-state index in [1.807, 2.05) is 18.2 Å². The van der Waals surface area contributed by atoms with Gasteiger partial charge in [0, 0.05) is 32.8 Å². The number of para-hydroxylation sites is 2. The molecule has 0 bridgehead atoms. The summed E-state index contributed by atoms with van der Waals surface area (Å²) in [6, 6.07) is 60.2. The van der Waals surface area contributed by atoms with Gasteiger partial charge >= 0.3 is 0 Å². The number of fused-ring (bicyclic) bond motifs is 7. The average Bonchev–Trinajstić information content (AvgIpc) is 3.71. The summed E-state index contributed by atoms with van der Waals surface area (Å²) < 4.78 is 2.38. The van der Waals surface area contributed by atoms with E-state index in [2.05, 4.69) is 156 Å². The molecule has 2 aromatic heterocycles. The van der Waals surface area contributed by atoms with Crippen molar-refractivity contribution in [1.29, 1.82) is 0 Å². The van der Waals surface area contributed by atoms with Gasteiger partial charge in [-0.3, -0.25) is 0 Å². The molecule has 10 aromatic rings. The fourth-order valence-corrected chi connectivity index (χ4v) is 8.15. The summed E-state index contributed by atoms with van der Waals surface area (Å²) in [5.41, 5.74) is 11.4. The molecule has 0 spiro atoms. The summed E-state index contributed by atoms with van der Waals surface area (Å²) in [6.07, 6.45) is 0. The summed E-state index contributed by atoms with van der Waals surface area (Å²) in [6.45, 7) is 0. The van der Waals surface area contributed by atoms with Gasteiger partial charge in [0.15, 0.2) is 17.5 Å². The molecule has 4 nitrogen and oxygen atoms in total. The number of nitrogens with zero attached hydrogens (tertiary/aromatic N) is 4. The van der Waals surface area contributed by atoms with Crippen molar-refractivity contribution >= 4 is 43.4 Å². The number of hydrogen-bond donors (Lipinski definition) is 0. The first-order valence-electron chi connectivity index (χ1n) is 17.3. The van der Waals surface area contributed by atoms with Crippen LogP contribution >= 0.6 is 0 Å². The van der Waals surface area contributed by atoms with Crippen LogP contribution in [0.1, 0.15) is 0 Å². The maximum atomic E-state index is 5.27. The molecule has 1 aliphatic carbocycles. The monoisotopic (exact) mass is 648 g/mol. The molecule has 0 unspecified atom stereocenters. The number of hydrogen-bond acceptors (Lipinski definition) is 3. The molecule has 0 saturated carbocycles. The summed E-state index contributed by atoms with van der Waals surface area (Å²) in [5, 5.41) is 7.16. The van der Waals surface area contributed by atoms with E-state index in [-0.39, 0.29) is 0 Å². The fourth-order valence-electron chi connectivity index (χ4n) is 8.15. The molecule has 1 aliphatic rings. The Labute approximate surface area is 294 Å². The van der Waals surface area contributed by atoms with E-state index in [9.17, 15) is 0 Å². The minimum Gasteiger partial charge on any atom is -0.309 e. The molecule has 2 heterocycles. The van der Waals surface area contributed by atoms with Crippen LogP contribution in [-0.2, 0) is 0 Å². The molecule has 0 amide bonds. The third-order valence-electron chi connectivity index (χ3n) is 10.4. The molecular formula is C47H28N4.